The van der Waals surface area contributed by atoms with Crippen molar-refractivity contribution >= 4 is 46.0 Å². The van der Waals surface area contributed by atoms with Crippen molar-refractivity contribution < 1.29 is 19.1 Å². The highest BCUT2D eigenvalue weighted by Crippen LogP contribution is 2.13. The average molecular weight is 409 g/mol. The Morgan fingerprint density at radius 1 is 1.22 bits per heavy atom. The van der Waals surface area contributed by atoms with Crippen LogP contribution in [0.15, 0.2) is 30.3 Å². The minimum Gasteiger partial charge on any atom is -0.454 e. The maximum absolute atomic E-state index is 12.3. The summed E-state index contributed by atoms with van der Waals surface area (Å²) in [5.41, 5.74) is 0.448. The maximum Gasteiger partial charge on any atom is 0.329 e. The summed E-state index contributed by atoms with van der Waals surface area (Å²) in [7, 11) is 0. The van der Waals surface area contributed by atoms with Crippen LogP contribution < -0.4 is 10.6 Å². The number of amides is 2. The van der Waals surface area contributed by atoms with Crippen LogP contribution in [0.2, 0.25) is 0 Å². The maximum atomic E-state index is 12.3. The first-order chi connectivity index (χ1) is 13.0. The highest BCUT2D eigenvalue weighted by Gasteiger charge is 2.23. The second-order valence-corrected chi connectivity index (χ2v) is 7.62. The minimum absolute atomic E-state index is 0.338. The number of nitrogens with zero attached hydrogens (tertiary/aromatic N) is 2. The van der Waals surface area contributed by atoms with Crippen LogP contribution in [0.25, 0.3) is 0 Å². The number of carbonyl (C=O) groups is 3. The van der Waals surface area contributed by atoms with E-state index in [0.717, 1.165) is 0 Å². The van der Waals surface area contributed by atoms with Gasteiger partial charge in [-0.15, -0.1) is 10.2 Å². The molecule has 8 nitrogen and oxygen atoms in total. The van der Waals surface area contributed by atoms with Crippen LogP contribution in [0, 0.1) is 6.92 Å². The number of benzene rings is 1. The van der Waals surface area contributed by atoms with E-state index in [1.165, 1.54) is 11.3 Å². The molecule has 2 rings (SSSR count). The summed E-state index contributed by atoms with van der Waals surface area (Å²) in [6.45, 7) is 1.30. The van der Waals surface area contributed by atoms with Crippen LogP contribution in [0.4, 0.5) is 5.13 Å². The molecular weight excluding hydrogens is 388 g/mol. The van der Waals surface area contributed by atoms with Crippen molar-refractivity contribution in [3.05, 3.63) is 40.9 Å². The molecule has 0 saturated heterocycles. The Balaban J connectivity index is 1.89. The fraction of sp³-hybridized carbons (Fsp3) is 0.353. The fourth-order valence-electron chi connectivity index (χ4n) is 2.06. The lowest BCUT2D eigenvalue weighted by Gasteiger charge is -2.17. The first-order valence-corrected chi connectivity index (χ1v) is 10.3. The zero-order valence-electron chi connectivity index (χ0n) is 14.9. The number of thioether (sulfide) groups is 1. The van der Waals surface area contributed by atoms with Crippen molar-refractivity contribution in [2.45, 2.75) is 19.4 Å². The number of hydrogen-bond acceptors (Lipinski definition) is 8. The van der Waals surface area contributed by atoms with E-state index in [1.54, 1.807) is 49.0 Å². The van der Waals surface area contributed by atoms with Gasteiger partial charge in [-0.05, 0) is 37.5 Å². The predicted molar refractivity (Wildman–Crippen MR) is 105 cm³/mol. The molecule has 10 heteroatoms. The van der Waals surface area contributed by atoms with Crippen LogP contribution in [0.3, 0.4) is 0 Å². The number of ether oxygens (including phenoxy) is 1. The van der Waals surface area contributed by atoms with Crippen molar-refractivity contribution in [3.63, 3.8) is 0 Å². The smallest absolute Gasteiger partial charge is 0.329 e. The molecule has 144 valence electrons. The third kappa shape index (κ3) is 6.99. The Bertz CT molecular complexity index is 782. The van der Waals surface area contributed by atoms with E-state index in [9.17, 15) is 14.4 Å². The van der Waals surface area contributed by atoms with E-state index in [2.05, 4.69) is 20.8 Å². The molecule has 0 radical (unpaired) electrons. The summed E-state index contributed by atoms with van der Waals surface area (Å²) in [4.78, 5) is 36.5. The van der Waals surface area contributed by atoms with E-state index in [-0.39, 0.29) is 5.91 Å². The molecule has 2 N–H and O–H groups in total. The van der Waals surface area contributed by atoms with Gasteiger partial charge in [0.05, 0.1) is 0 Å². The van der Waals surface area contributed by atoms with E-state index < -0.39 is 24.5 Å². The van der Waals surface area contributed by atoms with Gasteiger partial charge in [0.15, 0.2) is 6.61 Å². The second-order valence-electron chi connectivity index (χ2n) is 5.46. The van der Waals surface area contributed by atoms with Crippen molar-refractivity contribution in [2.75, 3.05) is 23.9 Å². The lowest BCUT2D eigenvalue weighted by atomic mass is 10.1. The molecular formula is C17H20N4O4S2. The molecule has 27 heavy (non-hydrogen) atoms. The van der Waals surface area contributed by atoms with Gasteiger partial charge in [0.1, 0.15) is 11.0 Å². The van der Waals surface area contributed by atoms with Gasteiger partial charge in [0.25, 0.3) is 11.8 Å². The zero-order valence-corrected chi connectivity index (χ0v) is 16.6. The molecule has 1 atom stereocenters. The van der Waals surface area contributed by atoms with E-state index in [4.69, 9.17) is 4.74 Å². The number of hydrogen-bond donors (Lipinski definition) is 2. The van der Waals surface area contributed by atoms with Crippen LogP contribution in [0.1, 0.15) is 21.8 Å². The molecule has 0 fully saturated rings. The van der Waals surface area contributed by atoms with Gasteiger partial charge in [0.2, 0.25) is 5.13 Å². The van der Waals surface area contributed by atoms with Crippen LogP contribution >= 0.6 is 23.1 Å². The topological polar surface area (TPSA) is 110 Å². The number of rotatable bonds is 9. The van der Waals surface area contributed by atoms with Gasteiger partial charge in [-0.2, -0.15) is 11.8 Å². The standard InChI is InChI=1S/C17H20N4O4S2/c1-11-20-21-17(27-11)19-14(22)10-25-16(24)13(8-9-26-2)18-15(23)12-6-4-3-5-7-12/h3-7,13H,8-10H2,1-2H3,(H,18,23)(H,19,21,22). The number of anilines is 1. The van der Waals surface area contributed by atoms with E-state index in [0.29, 0.717) is 27.9 Å². The predicted octanol–water partition coefficient (Wildman–Crippen LogP) is 1.88. The lowest BCUT2D eigenvalue weighted by molar-refractivity contribution is -0.149. The average Bonchev–Trinajstić information content (AvgIpc) is 3.08. The number of esters is 1. The number of nitrogens with one attached hydrogen (secondary N) is 2. The first kappa shape index (κ1) is 20.8. The zero-order chi connectivity index (χ0) is 19.6. The van der Waals surface area contributed by atoms with Crippen LogP contribution in [-0.4, -0.2) is 52.6 Å². The summed E-state index contributed by atoms with van der Waals surface area (Å²) in [5.74, 6) is -0.882. The van der Waals surface area contributed by atoms with Gasteiger partial charge >= 0.3 is 5.97 Å². The summed E-state index contributed by atoms with van der Waals surface area (Å²) >= 11 is 2.77. The Morgan fingerprint density at radius 3 is 2.59 bits per heavy atom. The molecule has 0 bridgehead atoms. The van der Waals surface area contributed by atoms with Crippen molar-refractivity contribution in [3.8, 4) is 0 Å². The lowest BCUT2D eigenvalue weighted by Crippen LogP contribution is -2.43. The number of aryl methyl sites for hydroxylation is 1. The van der Waals surface area contributed by atoms with Gasteiger partial charge in [0, 0.05) is 5.56 Å². The minimum atomic E-state index is -0.832. The molecule has 1 heterocycles. The monoisotopic (exact) mass is 408 g/mol. The molecule has 0 saturated carbocycles. The van der Waals surface area contributed by atoms with Gasteiger partial charge < -0.3 is 10.1 Å². The number of carbonyl (C=O) groups excluding carboxylic acids is 3. The van der Waals surface area contributed by atoms with Gasteiger partial charge in [-0.25, -0.2) is 4.79 Å². The number of aromatic nitrogens is 2. The van der Waals surface area contributed by atoms with Gasteiger partial charge in [-0.1, -0.05) is 29.5 Å². The highest BCUT2D eigenvalue weighted by molar-refractivity contribution is 7.98. The Kier molecular flexibility index (Phi) is 8.21. The SMILES string of the molecule is CSCCC(NC(=O)c1ccccc1)C(=O)OCC(=O)Nc1nnc(C)s1. The van der Waals surface area contributed by atoms with Crippen molar-refractivity contribution in [2.24, 2.45) is 0 Å². The second kappa shape index (κ2) is 10.6. The molecule has 1 aromatic carbocycles. The molecule has 2 aromatic rings. The molecule has 0 aliphatic carbocycles. The molecule has 0 aliphatic rings. The molecule has 2 amide bonds. The Hall–Kier alpha value is -2.46. The van der Waals surface area contributed by atoms with Crippen molar-refractivity contribution in [1.82, 2.24) is 15.5 Å². The molecule has 0 spiro atoms. The largest absolute Gasteiger partial charge is 0.454 e. The van der Waals surface area contributed by atoms with Crippen molar-refractivity contribution in [1.29, 1.82) is 0 Å². The van der Waals surface area contributed by atoms with Crippen LogP contribution in [-0.2, 0) is 14.3 Å². The summed E-state index contributed by atoms with van der Waals surface area (Å²) < 4.78 is 5.06. The molecule has 0 aliphatic heterocycles. The third-order valence-electron chi connectivity index (χ3n) is 3.35. The first-order valence-electron chi connectivity index (χ1n) is 8.11. The fourth-order valence-corrected chi connectivity index (χ4v) is 3.13. The molecule has 1 unspecified atom stereocenters. The van der Waals surface area contributed by atoms with Gasteiger partial charge in [-0.3, -0.25) is 14.9 Å². The van der Waals surface area contributed by atoms with E-state index in [1.807, 2.05) is 6.26 Å². The highest BCUT2D eigenvalue weighted by atomic mass is 32.2. The summed E-state index contributed by atoms with van der Waals surface area (Å²) in [5, 5.41) is 13.8. The normalized spacial score (nSPS) is 11.5. The quantitative estimate of drug-likeness (QED) is 0.610. The van der Waals surface area contributed by atoms with E-state index >= 15 is 0 Å². The summed E-state index contributed by atoms with van der Waals surface area (Å²) in [6, 6.07) is 7.76. The molecule has 1 aromatic heterocycles. The van der Waals surface area contributed by atoms with Crippen LogP contribution in [0.5, 0.6) is 0 Å². The third-order valence-corrected chi connectivity index (χ3v) is 4.75. The Morgan fingerprint density at radius 2 is 1.96 bits per heavy atom. The Labute approximate surface area is 165 Å². The summed E-state index contributed by atoms with van der Waals surface area (Å²) in [6.07, 6.45) is 2.30.